The maximum Gasteiger partial charge on any atom is 0.115 e. The van der Waals surface area contributed by atoms with Crippen molar-refractivity contribution in [1.29, 1.82) is 0 Å². The molecule has 0 amide bonds. The summed E-state index contributed by atoms with van der Waals surface area (Å²) < 4.78 is 0. The summed E-state index contributed by atoms with van der Waals surface area (Å²) in [4.78, 5) is 0. The highest BCUT2D eigenvalue weighted by Gasteiger charge is 2.13. The summed E-state index contributed by atoms with van der Waals surface area (Å²) in [5, 5.41) is 28.2. The monoisotopic (exact) mass is 548 g/mol. The van der Waals surface area contributed by atoms with Crippen LogP contribution in [-0.2, 0) is 19.3 Å². The van der Waals surface area contributed by atoms with Crippen molar-refractivity contribution in [2.75, 3.05) is 0 Å². The first-order valence-corrected chi connectivity index (χ1v) is 14.9. The molecule has 0 bridgehead atoms. The van der Waals surface area contributed by atoms with Gasteiger partial charge in [0.1, 0.15) is 11.5 Å². The van der Waals surface area contributed by atoms with Gasteiger partial charge in [0.2, 0.25) is 0 Å². The highest BCUT2D eigenvalue weighted by molar-refractivity contribution is 6.08. The number of aryl methyl sites for hydroxylation is 3. The summed E-state index contributed by atoms with van der Waals surface area (Å²) in [5.41, 5.74) is 4.58. The van der Waals surface area contributed by atoms with Crippen molar-refractivity contribution in [1.82, 2.24) is 0 Å². The van der Waals surface area contributed by atoms with Gasteiger partial charge < -0.3 is 10.2 Å². The van der Waals surface area contributed by atoms with Gasteiger partial charge >= 0.3 is 0 Å². The van der Waals surface area contributed by atoms with Gasteiger partial charge in [-0.05, 0) is 128 Å². The molecule has 0 unspecified atom stereocenters. The Balaban J connectivity index is 0.000000121. The van der Waals surface area contributed by atoms with Crippen molar-refractivity contribution >= 4 is 43.1 Å². The largest absolute Gasteiger partial charge is 0.508 e. The number of hydrogen-bond donors (Lipinski definition) is 2. The number of hydrogen-bond acceptors (Lipinski definition) is 2. The van der Waals surface area contributed by atoms with Crippen molar-refractivity contribution in [3.05, 3.63) is 144 Å². The summed E-state index contributed by atoms with van der Waals surface area (Å²) in [6.07, 6.45) is 6.32. The van der Waals surface area contributed by atoms with Crippen LogP contribution in [0.15, 0.2) is 127 Å². The predicted octanol–water partition coefficient (Wildman–Crippen LogP) is 10.5. The number of fused-ring (bicyclic) bond motifs is 7. The molecule has 0 aromatic heterocycles. The Morgan fingerprint density at radius 3 is 1.76 bits per heavy atom. The van der Waals surface area contributed by atoms with E-state index in [2.05, 4.69) is 110 Å². The highest BCUT2D eigenvalue weighted by Crippen LogP contribution is 2.33. The van der Waals surface area contributed by atoms with Crippen LogP contribution < -0.4 is 0 Å². The van der Waals surface area contributed by atoms with E-state index in [0.717, 1.165) is 6.42 Å². The molecule has 0 heterocycles. The quantitative estimate of drug-likeness (QED) is 0.122. The minimum atomic E-state index is 0.169. The van der Waals surface area contributed by atoms with E-state index in [1.807, 2.05) is 0 Å². The second kappa shape index (κ2) is 12.4. The predicted molar refractivity (Wildman–Crippen MR) is 179 cm³/mol. The molecule has 0 fully saturated rings. The van der Waals surface area contributed by atoms with Crippen LogP contribution in [0.2, 0.25) is 0 Å². The Kier molecular flexibility index (Phi) is 8.05. The second-order valence-corrected chi connectivity index (χ2v) is 11.0. The van der Waals surface area contributed by atoms with Crippen LogP contribution in [0.3, 0.4) is 0 Å². The summed E-state index contributed by atoms with van der Waals surface area (Å²) >= 11 is 0. The van der Waals surface area contributed by atoms with Crippen molar-refractivity contribution in [3.63, 3.8) is 0 Å². The van der Waals surface area contributed by atoms with E-state index in [1.54, 1.807) is 11.1 Å². The maximum atomic E-state index is 8.65. The molecule has 2 N–H and O–H groups in total. The standard InChI is InChI=1S/C18H16.C16H14.C6H6O2/c1-3-7-15-13(5-1)9-11-18-16-8-4-2-6-14(16)10-12-17(15)18;1-2-12-7-8-15-10-13-5-3-4-6-14(13)11-16(15)9-12;7-5-1-2-6(8)4-3-5/h1,3,5,7,9-12H,2,4,6,8H2;3-11H,2H2,1H3;1-4,7-8H. The van der Waals surface area contributed by atoms with Crippen LogP contribution in [0.4, 0.5) is 0 Å². The maximum absolute atomic E-state index is 8.65. The lowest BCUT2D eigenvalue weighted by Gasteiger charge is -2.18. The zero-order valence-electron chi connectivity index (χ0n) is 24.1. The van der Waals surface area contributed by atoms with Gasteiger partial charge in [-0.1, -0.05) is 97.9 Å². The zero-order valence-corrected chi connectivity index (χ0v) is 24.1. The van der Waals surface area contributed by atoms with Crippen LogP contribution in [-0.4, -0.2) is 10.2 Å². The SMILES string of the molecule is CCc1ccc2cc3ccccc3cc2c1.Oc1ccc(O)cc1.c1ccc2c(c1)ccc1c3c(ccc12)CCCC3. The molecule has 0 saturated carbocycles. The third-order valence-electron chi connectivity index (χ3n) is 8.28. The molecule has 208 valence electrons. The van der Waals surface area contributed by atoms with Gasteiger partial charge in [-0.2, -0.15) is 0 Å². The average Bonchev–Trinajstić information content (AvgIpc) is 3.05. The molecule has 0 radical (unpaired) electrons. The molecule has 0 aliphatic heterocycles. The molecule has 0 saturated heterocycles. The Morgan fingerprint density at radius 2 is 1.05 bits per heavy atom. The Morgan fingerprint density at radius 1 is 0.476 bits per heavy atom. The number of rotatable bonds is 1. The Bertz CT molecular complexity index is 1970. The third kappa shape index (κ3) is 5.94. The van der Waals surface area contributed by atoms with E-state index in [1.165, 1.54) is 98.6 Å². The molecule has 42 heavy (non-hydrogen) atoms. The van der Waals surface area contributed by atoms with Crippen LogP contribution in [0.1, 0.15) is 36.5 Å². The van der Waals surface area contributed by atoms with Crippen LogP contribution in [0, 0.1) is 0 Å². The topological polar surface area (TPSA) is 40.5 Å². The van der Waals surface area contributed by atoms with Gasteiger partial charge in [0.05, 0.1) is 0 Å². The van der Waals surface area contributed by atoms with E-state index in [0.29, 0.717) is 0 Å². The van der Waals surface area contributed by atoms with Gasteiger partial charge in [0.25, 0.3) is 0 Å². The van der Waals surface area contributed by atoms with Gasteiger partial charge in [-0.15, -0.1) is 0 Å². The normalized spacial score (nSPS) is 12.3. The fraction of sp³-hybridized carbons (Fsp3) is 0.150. The average molecular weight is 549 g/mol. The van der Waals surface area contributed by atoms with E-state index in [-0.39, 0.29) is 11.5 Å². The van der Waals surface area contributed by atoms with Crippen LogP contribution >= 0.6 is 0 Å². The fourth-order valence-corrected chi connectivity index (χ4v) is 6.00. The van der Waals surface area contributed by atoms with Crippen LogP contribution in [0.25, 0.3) is 43.1 Å². The van der Waals surface area contributed by atoms with Crippen LogP contribution in [0.5, 0.6) is 11.5 Å². The van der Waals surface area contributed by atoms with E-state index >= 15 is 0 Å². The summed E-state index contributed by atoms with van der Waals surface area (Å²) in [6, 6.07) is 43.5. The molecule has 8 rings (SSSR count). The first kappa shape index (κ1) is 27.4. The zero-order chi connectivity index (χ0) is 28.9. The molecule has 2 nitrogen and oxygen atoms in total. The van der Waals surface area contributed by atoms with Crippen molar-refractivity contribution in [2.24, 2.45) is 0 Å². The molecular weight excluding hydrogens is 512 g/mol. The number of phenolic OH excluding ortho intramolecular Hbond substituents is 2. The minimum Gasteiger partial charge on any atom is -0.508 e. The molecule has 2 heteroatoms. The van der Waals surface area contributed by atoms with Gasteiger partial charge in [-0.25, -0.2) is 0 Å². The van der Waals surface area contributed by atoms with Gasteiger partial charge in [0, 0.05) is 0 Å². The third-order valence-corrected chi connectivity index (χ3v) is 8.28. The van der Waals surface area contributed by atoms with E-state index < -0.39 is 0 Å². The summed E-state index contributed by atoms with van der Waals surface area (Å²) in [5.74, 6) is 0.339. The van der Waals surface area contributed by atoms with Crippen molar-refractivity contribution in [3.8, 4) is 11.5 Å². The Labute approximate surface area is 247 Å². The van der Waals surface area contributed by atoms with E-state index in [4.69, 9.17) is 10.2 Å². The number of phenols is 2. The first-order valence-electron chi connectivity index (χ1n) is 14.9. The molecule has 1 aliphatic rings. The minimum absolute atomic E-state index is 0.169. The lowest BCUT2D eigenvalue weighted by Crippen LogP contribution is -2.02. The summed E-state index contributed by atoms with van der Waals surface area (Å²) in [7, 11) is 0. The molecule has 1 aliphatic carbocycles. The van der Waals surface area contributed by atoms with Crippen molar-refractivity contribution in [2.45, 2.75) is 39.0 Å². The lowest BCUT2D eigenvalue weighted by atomic mass is 9.86. The Hall–Kier alpha value is -4.82. The number of aromatic hydroxyl groups is 2. The second-order valence-electron chi connectivity index (χ2n) is 11.0. The lowest BCUT2D eigenvalue weighted by molar-refractivity contribution is 0.460. The first-order chi connectivity index (χ1) is 20.6. The molecule has 7 aromatic rings. The highest BCUT2D eigenvalue weighted by atomic mass is 16.3. The molecule has 7 aromatic carbocycles. The molecule has 0 atom stereocenters. The van der Waals surface area contributed by atoms with Gasteiger partial charge in [-0.3, -0.25) is 0 Å². The fourth-order valence-electron chi connectivity index (χ4n) is 6.00. The smallest absolute Gasteiger partial charge is 0.115 e. The summed E-state index contributed by atoms with van der Waals surface area (Å²) in [6.45, 7) is 2.20. The van der Waals surface area contributed by atoms with Crippen molar-refractivity contribution < 1.29 is 10.2 Å². The molecule has 0 spiro atoms. The van der Waals surface area contributed by atoms with Gasteiger partial charge in [0.15, 0.2) is 0 Å². The number of benzene rings is 7. The molecular formula is C40H36O2. The van der Waals surface area contributed by atoms with E-state index in [9.17, 15) is 0 Å².